The molecule has 0 saturated heterocycles. The average Bonchev–Trinajstić information content (AvgIpc) is 2.71. The lowest BCUT2D eigenvalue weighted by atomic mass is 9.97. The predicted octanol–water partition coefficient (Wildman–Crippen LogP) is 2.98. The van der Waals surface area contributed by atoms with Crippen LogP contribution in [-0.2, 0) is 19.6 Å². The first kappa shape index (κ1) is 26.1. The topological polar surface area (TPSA) is 147 Å². The summed E-state index contributed by atoms with van der Waals surface area (Å²) in [4.78, 5) is 31.0. The normalized spacial score (nSPS) is 12.8. The lowest BCUT2D eigenvalue weighted by Gasteiger charge is -2.16. The molecule has 0 bridgehead atoms. The summed E-state index contributed by atoms with van der Waals surface area (Å²) in [5, 5.41) is 18.9. The Morgan fingerprint density at radius 2 is 1.82 bits per heavy atom. The number of aliphatic hydroxyl groups is 1. The first-order valence-electron chi connectivity index (χ1n) is 10.2. The number of Topliss-reactive ketones (excluding diaryl/α,β-unsaturated/α-hetero) is 1. The number of hydrogen-bond acceptors (Lipinski definition) is 7. The maximum Gasteiger partial charge on any atom is 0.310 e. The monoisotopic (exact) mass is 479 g/mol. The Balaban J connectivity index is 2.57. The minimum Gasteiger partial charge on any atom is -0.481 e. The number of anilines is 1. The third-order valence-corrected chi connectivity index (χ3v) is 5.79. The van der Waals surface area contributed by atoms with Crippen molar-refractivity contribution in [1.29, 1.82) is 0 Å². The van der Waals surface area contributed by atoms with Gasteiger partial charge in [-0.15, -0.1) is 0 Å². The standard InChI is InChI=1S/C22H26FN3O6S/c1-4-33(31,32)26-22-24-20(13(2)3)18(10-9-16(27)11-17(28)12-19(29)30)21(25-22)14-5-7-15(23)8-6-14/h5-10,13,16,27H,4,11-12H2,1-3H3,(H,29,30)(H,24,25,26)/b10-9+/t16-/m1/s1. The van der Waals surface area contributed by atoms with Crippen LogP contribution in [0.25, 0.3) is 17.3 Å². The van der Waals surface area contributed by atoms with Gasteiger partial charge in [0.25, 0.3) is 0 Å². The molecule has 2 aromatic rings. The van der Waals surface area contributed by atoms with Crippen molar-refractivity contribution in [3.63, 3.8) is 0 Å². The van der Waals surface area contributed by atoms with Gasteiger partial charge in [0.15, 0.2) is 0 Å². The minimum atomic E-state index is -3.66. The number of aliphatic carboxylic acids is 1. The summed E-state index contributed by atoms with van der Waals surface area (Å²) in [6.45, 7) is 5.13. The number of carboxylic acid groups (broad SMARTS) is 1. The molecule has 0 saturated carbocycles. The molecule has 178 valence electrons. The van der Waals surface area contributed by atoms with Crippen LogP contribution in [0.4, 0.5) is 10.3 Å². The molecule has 1 aromatic carbocycles. The highest BCUT2D eigenvalue weighted by Crippen LogP contribution is 2.31. The molecular formula is C22H26FN3O6S. The number of sulfonamides is 1. The zero-order valence-electron chi connectivity index (χ0n) is 18.4. The summed E-state index contributed by atoms with van der Waals surface area (Å²) in [5.74, 6) is -2.90. The van der Waals surface area contributed by atoms with Crippen LogP contribution < -0.4 is 4.72 Å². The number of rotatable bonds is 11. The number of aromatic nitrogens is 2. The highest BCUT2D eigenvalue weighted by Gasteiger charge is 2.20. The lowest BCUT2D eigenvalue weighted by molar-refractivity contribution is -0.140. The van der Waals surface area contributed by atoms with Gasteiger partial charge in [-0.05, 0) is 37.1 Å². The van der Waals surface area contributed by atoms with Gasteiger partial charge in [0.05, 0.1) is 23.2 Å². The molecule has 1 heterocycles. The number of hydrogen-bond donors (Lipinski definition) is 3. The summed E-state index contributed by atoms with van der Waals surface area (Å²) < 4.78 is 39.9. The number of aliphatic hydroxyl groups excluding tert-OH is 1. The molecule has 0 amide bonds. The number of nitrogens with zero attached hydrogens (tertiary/aromatic N) is 2. The fourth-order valence-corrected chi connectivity index (χ4v) is 3.44. The van der Waals surface area contributed by atoms with E-state index in [0.29, 0.717) is 22.5 Å². The number of benzene rings is 1. The number of halogens is 1. The fraction of sp³-hybridized carbons (Fsp3) is 0.364. The summed E-state index contributed by atoms with van der Waals surface area (Å²) in [5.41, 5.74) is 1.68. The van der Waals surface area contributed by atoms with Crippen molar-refractivity contribution in [3.05, 3.63) is 47.4 Å². The van der Waals surface area contributed by atoms with Crippen molar-refractivity contribution < 1.29 is 32.6 Å². The molecule has 1 atom stereocenters. The van der Waals surface area contributed by atoms with E-state index in [1.165, 1.54) is 43.3 Å². The van der Waals surface area contributed by atoms with Crippen LogP contribution in [0.3, 0.4) is 0 Å². The van der Waals surface area contributed by atoms with Gasteiger partial charge in [-0.3, -0.25) is 14.3 Å². The van der Waals surface area contributed by atoms with E-state index in [1.54, 1.807) is 0 Å². The third kappa shape index (κ3) is 7.72. The molecule has 0 aliphatic rings. The van der Waals surface area contributed by atoms with E-state index in [-0.39, 0.29) is 24.0 Å². The van der Waals surface area contributed by atoms with E-state index < -0.39 is 40.1 Å². The van der Waals surface area contributed by atoms with E-state index in [4.69, 9.17) is 5.11 Å². The van der Waals surface area contributed by atoms with Crippen LogP contribution in [0.5, 0.6) is 0 Å². The second-order valence-corrected chi connectivity index (χ2v) is 9.61. The minimum absolute atomic E-state index is 0.144. The van der Waals surface area contributed by atoms with Gasteiger partial charge in [0.2, 0.25) is 16.0 Å². The maximum atomic E-state index is 13.5. The predicted molar refractivity (Wildman–Crippen MR) is 122 cm³/mol. The Hall–Kier alpha value is -3.18. The van der Waals surface area contributed by atoms with Crippen LogP contribution >= 0.6 is 0 Å². The highest BCUT2D eigenvalue weighted by molar-refractivity contribution is 7.92. The van der Waals surface area contributed by atoms with E-state index in [2.05, 4.69) is 14.7 Å². The van der Waals surface area contributed by atoms with Crippen LogP contribution in [0.2, 0.25) is 0 Å². The molecule has 3 N–H and O–H groups in total. The summed E-state index contributed by atoms with van der Waals surface area (Å²) in [7, 11) is -3.66. The number of ketones is 1. The lowest BCUT2D eigenvalue weighted by Crippen LogP contribution is -2.18. The first-order valence-corrected chi connectivity index (χ1v) is 11.8. The molecule has 0 spiro atoms. The Bertz CT molecular complexity index is 1150. The molecule has 0 fully saturated rings. The SMILES string of the molecule is CCS(=O)(=O)Nc1nc(-c2ccc(F)cc2)c(/C=C/[C@@H](O)CC(=O)CC(=O)O)c(C(C)C)n1. The van der Waals surface area contributed by atoms with E-state index >= 15 is 0 Å². The number of carboxylic acids is 1. The van der Waals surface area contributed by atoms with Crippen molar-refractivity contribution in [3.8, 4) is 11.3 Å². The molecule has 1 aromatic heterocycles. The van der Waals surface area contributed by atoms with Crippen molar-refractivity contribution >= 4 is 33.8 Å². The Morgan fingerprint density at radius 1 is 1.18 bits per heavy atom. The van der Waals surface area contributed by atoms with Gasteiger partial charge in [0, 0.05) is 17.5 Å². The quantitative estimate of drug-likeness (QED) is 0.417. The van der Waals surface area contributed by atoms with Crippen LogP contribution in [0, 0.1) is 5.82 Å². The Morgan fingerprint density at radius 3 is 2.36 bits per heavy atom. The second kappa shape index (κ2) is 11.1. The van der Waals surface area contributed by atoms with Crippen LogP contribution in [0.15, 0.2) is 30.3 Å². The van der Waals surface area contributed by atoms with Gasteiger partial charge < -0.3 is 10.2 Å². The number of carbonyl (C=O) groups is 2. The molecule has 33 heavy (non-hydrogen) atoms. The largest absolute Gasteiger partial charge is 0.481 e. The zero-order chi connectivity index (χ0) is 24.8. The zero-order valence-corrected chi connectivity index (χ0v) is 19.3. The third-order valence-electron chi connectivity index (χ3n) is 4.54. The van der Waals surface area contributed by atoms with Gasteiger partial charge in [-0.2, -0.15) is 0 Å². The summed E-state index contributed by atoms with van der Waals surface area (Å²) in [6.07, 6.45) is 0.466. The molecular weight excluding hydrogens is 453 g/mol. The molecule has 9 nitrogen and oxygen atoms in total. The van der Waals surface area contributed by atoms with Gasteiger partial charge >= 0.3 is 5.97 Å². The first-order chi connectivity index (χ1) is 15.4. The molecule has 0 aliphatic heterocycles. The van der Waals surface area contributed by atoms with Crippen molar-refractivity contribution in [2.75, 3.05) is 10.5 Å². The average molecular weight is 480 g/mol. The second-order valence-electron chi connectivity index (χ2n) is 7.60. The molecule has 11 heteroatoms. The van der Waals surface area contributed by atoms with Crippen molar-refractivity contribution in [1.82, 2.24) is 9.97 Å². The van der Waals surface area contributed by atoms with Gasteiger partial charge in [-0.1, -0.05) is 26.0 Å². The highest BCUT2D eigenvalue weighted by atomic mass is 32.2. The number of carbonyl (C=O) groups excluding carboxylic acids is 1. The maximum absolute atomic E-state index is 13.5. The molecule has 0 radical (unpaired) electrons. The van der Waals surface area contributed by atoms with Crippen molar-refractivity contribution in [2.24, 2.45) is 0 Å². The Labute approximate surface area is 191 Å². The molecule has 2 rings (SSSR count). The molecule has 0 unspecified atom stereocenters. The molecule has 0 aliphatic carbocycles. The Kier molecular flexibility index (Phi) is 8.77. The van der Waals surface area contributed by atoms with E-state index in [1.807, 2.05) is 13.8 Å². The van der Waals surface area contributed by atoms with Crippen LogP contribution in [0.1, 0.15) is 50.8 Å². The fourth-order valence-electron chi connectivity index (χ4n) is 2.93. The van der Waals surface area contributed by atoms with Gasteiger partial charge in [0.1, 0.15) is 18.0 Å². The van der Waals surface area contributed by atoms with Crippen LogP contribution in [-0.4, -0.2) is 52.2 Å². The smallest absolute Gasteiger partial charge is 0.310 e. The summed E-state index contributed by atoms with van der Waals surface area (Å²) in [6, 6.07) is 5.42. The van der Waals surface area contributed by atoms with E-state index in [0.717, 1.165) is 0 Å². The van der Waals surface area contributed by atoms with Crippen molar-refractivity contribution in [2.45, 2.75) is 45.6 Å². The summed E-state index contributed by atoms with van der Waals surface area (Å²) >= 11 is 0. The van der Waals surface area contributed by atoms with E-state index in [9.17, 15) is 27.5 Å². The number of nitrogens with one attached hydrogen (secondary N) is 1. The van der Waals surface area contributed by atoms with Gasteiger partial charge in [-0.25, -0.2) is 22.8 Å².